The summed E-state index contributed by atoms with van der Waals surface area (Å²) in [5.74, 6) is 0.987. The van der Waals surface area contributed by atoms with E-state index in [-0.39, 0.29) is 0 Å². The number of benzene rings is 1. The highest BCUT2D eigenvalue weighted by Crippen LogP contribution is 2.23. The summed E-state index contributed by atoms with van der Waals surface area (Å²) in [6.07, 6.45) is 4.01. The van der Waals surface area contributed by atoms with E-state index < -0.39 is 0 Å². The summed E-state index contributed by atoms with van der Waals surface area (Å²) in [7, 11) is 0. The van der Waals surface area contributed by atoms with Gasteiger partial charge >= 0.3 is 0 Å². The molecule has 1 heterocycles. The third kappa shape index (κ3) is 4.29. The predicted octanol–water partition coefficient (Wildman–Crippen LogP) is 4.10. The number of rotatable bonds is 3. The average Bonchev–Trinajstić information content (AvgIpc) is 2.43. The van der Waals surface area contributed by atoms with Gasteiger partial charge in [0.15, 0.2) is 0 Å². The van der Waals surface area contributed by atoms with E-state index in [1.54, 1.807) is 0 Å². The molecule has 0 N–H and O–H groups in total. The first kappa shape index (κ1) is 13.9. The zero-order valence-corrected chi connectivity index (χ0v) is 11.4. The molecule has 96 valence electrons. The summed E-state index contributed by atoms with van der Waals surface area (Å²) in [6, 6.07) is 8.43. The van der Waals surface area contributed by atoms with Crippen molar-refractivity contribution in [1.82, 2.24) is 0 Å². The molecule has 1 fully saturated rings. The van der Waals surface area contributed by atoms with Crippen LogP contribution in [0.15, 0.2) is 24.3 Å². The summed E-state index contributed by atoms with van der Waals surface area (Å²) >= 11 is 0. The third-order valence-electron chi connectivity index (χ3n) is 2.85. The van der Waals surface area contributed by atoms with E-state index in [1.165, 1.54) is 38.0 Å². The molecule has 0 aromatic heterocycles. The van der Waals surface area contributed by atoms with Crippen molar-refractivity contribution in [3.63, 3.8) is 0 Å². The molecular formula is C15H25NO. The molecule has 1 saturated heterocycles. The molecule has 17 heavy (non-hydrogen) atoms. The van der Waals surface area contributed by atoms with Gasteiger partial charge in [-0.1, -0.05) is 19.9 Å². The molecular weight excluding hydrogens is 210 g/mol. The van der Waals surface area contributed by atoms with E-state index in [2.05, 4.69) is 23.1 Å². The number of hydrogen-bond acceptors (Lipinski definition) is 2. The Kier molecular flexibility index (Phi) is 6.53. The summed E-state index contributed by atoms with van der Waals surface area (Å²) in [6.45, 7) is 9.14. The highest BCUT2D eigenvalue weighted by molar-refractivity contribution is 5.50. The van der Waals surface area contributed by atoms with E-state index in [4.69, 9.17) is 4.74 Å². The molecule has 1 aromatic carbocycles. The van der Waals surface area contributed by atoms with Gasteiger partial charge in [-0.15, -0.1) is 0 Å². The lowest BCUT2D eigenvalue weighted by Gasteiger charge is -2.29. The predicted molar refractivity (Wildman–Crippen MR) is 75.0 cm³/mol. The van der Waals surface area contributed by atoms with Gasteiger partial charge in [-0.3, -0.25) is 0 Å². The van der Waals surface area contributed by atoms with Crippen LogP contribution in [0, 0.1) is 0 Å². The fourth-order valence-corrected chi connectivity index (χ4v) is 2.09. The zero-order chi connectivity index (χ0) is 12.5. The van der Waals surface area contributed by atoms with Crippen molar-refractivity contribution in [3.8, 4) is 5.75 Å². The van der Waals surface area contributed by atoms with Crippen LogP contribution >= 0.6 is 0 Å². The minimum Gasteiger partial charge on any atom is -0.494 e. The van der Waals surface area contributed by atoms with Crippen LogP contribution in [-0.2, 0) is 0 Å². The van der Waals surface area contributed by atoms with Crippen molar-refractivity contribution in [1.29, 1.82) is 0 Å². The zero-order valence-electron chi connectivity index (χ0n) is 11.4. The minimum absolute atomic E-state index is 0.740. The Morgan fingerprint density at radius 2 is 1.82 bits per heavy atom. The molecule has 0 bridgehead atoms. The van der Waals surface area contributed by atoms with E-state index in [0.29, 0.717) is 0 Å². The van der Waals surface area contributed by atoms with Gasteiger partial charge in [-0.25, -0.2) is 0 Å². The van der Waals surface area contributed by atoms with Gasteiger partial charge in [0.25, 0.3) is 0 Å². The second kappa shape index (κ2) is 7.99. The Hall–Kier alpha value is -1.18. The van der Waals surface area contributed by atoms with E-state index in [1.807, 2.05) is 26.8 Å². The lowest BCUT2D eigenvalue weighted by molar-refractivity contribution is 0.340. The Bertz CT molecular complexity index is 306. The molecule has 0 radical (unpaired) electrons. The molecule has 1 aliphatic rings. The first-order valence-corrected chi connectivity index (χ1v) is 6.88. The molecule has 0 unspecified atom stereocenters. The lowest BCUT2D eigenvalue weighted by atomic mass is 10.1. The second-order valence-electron chi connectivity index (χ2n) is 3.98. The van der Waals surface area contributed by atoms with Crippen molar-refractivity contribution in [2.24, 2.45) is 0 Å². The van der Waals surface area contributed by atoms with Crippen LogP contribution in [0.25, 0.3) is 0 Å². The first-order valence-electron chi connectivity index (χ1n) is 6.88. The normalized spacial score (nSPS) is 14.9. The molecule has 1 aliphatic heterocycles. The Morgan fingerprint density at radius 3 is 2.47 bits per heavy atom. The maximum atomic E-state index is 5.51. The minimum atomic E-state index is 0.740. The van der Waals surface area contributed by atoms with Crippen molar-refractivity contribution in [2.45, 2.75) is 40.0 Å². The maximum Gasteiger partial charge on any atom is 0.121 e. The fraction of sp³-hybridized carbons (Fsp3) is 0.600. The summed E-state index contributed by atoms with van der Waals surface area (Å²) in [4.78, 5) is 2.45. The van der Waals surface area contributed by atoms with Gasteiger partial charge in [0.2, 0.25) is 0 Å². The van der Waals surface area contributed by atoms with Gasteiger partial charge in [-0.2, -0.15) is 0 Å². The average molecular weight is 235 g/mol. The van der Waals surface area contributed by atoms with Crippen LogP contribution in [-0.4, -0.2) is 19.7 Å². The van der Waals surface area contributed by atoms with Crippen LogP contribution in [0.2, 0.25) is 0 Å². The van der Waals surface area contributed by atoms with Crippen LogP contribution in [0.5, 0.6) is 5.75 Å². The number of piperidine rings is 1. The number of anilines is 1. The summed E-state index contributed by atoms with van der Waals surface area (Å²) in [5.41, 5.74) is 1.31. The highest BCUT2D eigenvalue weighted by atomic mass is 16.5. The van der Waals surface area contributed by atoms with Crippen LogP contribution < -0.4 is 9.64 Å². The Balaban J connectivity index is 0.000000686. The molecule has 1 aromatic rings. The number of hydrogen-bond donors (Lipinski definition) is 0. The van der Waals surface area contributed by atoms with Crippen molar-refractivity contribution >= 4 is 5.69 Å². The lowest BCUT2D eigenvalue weighted by Crippen LogP contribution is -2.29. The molecule has 0 aliphatic carbocycles. The Labute approximate surface area is 106 Å². The number of ether oxygens (including phenoxy) is 1. The van der Waals surface area contributed by atoms with Gasteiger partial charge in [0, 0.05) is 24.8 Å². The largest absolute Gasteiger partial charge is 0.494 e. The first-order chi connectivity index (χ1) is 8.40. The van der Waals surface area contributed by atoms with Crippen LogP contribution in [0.4, 0.5) is 5.69 Å². The molecule has 2 heteroatoms. The highest BCUT2D eigenvalue weighted by Gasteiger charge is 2.10. The van der Waals surface area contributed by atoms with Crippen molar-refractivity contribution in [2.75, 3.05) is 24.6 Å². The SMILES string of the molecule is CC.CCOc1cccc(N2CCCCC2)c1. The molecule has 2 rings (SSSR count). The Morgan fingerprint density at radius 1 is 1.12 bits per heavy atom. The van der Waals surface area contributed by atoms with Crippen LogP contribution in [0.3, 0.4) is 0 Å². The second-order valence-corrected chi connectivity index (χ2v) is 3.98. The molecule has 2 nitrogen and oxygen atoms in total. The van der Waals surface area contributed by atoms with Crippen LogP contribution in [0.1, 0.15) is 40.0 Å². The number of nitrogens with zero attached hydrogens (tertiary/aromatic N) is 1. The molecule has 0 atom stereocenters. The van der Waals surface area contributed by atoms with Gasteiger partial charge in [0.05, 0.1) is 6.61 Å². The smallest absolute Gasteiger partial charge is 0.121 e. The van der Waals surface area contributed by atoms with Gasteiger partial charge in [0.1, 0.15) is 5.75 Å². The van der Waals surface area contributed by atoms with Gasteiger partial charge < -0.3 is 9.64 Å². The summed E-state index contributed by atoms with van der Waals surface area (Å²) < 4.78 is 5.51. The standard InChI is InChI=1S/C13H19NO.C2H6/c1-2-15-13-8-6-7-12(11-13)14-9-4-3-5-10-14;1-2/h6-8,11H,2-5,9-10H2,1H3;1-2H3. The van der Waals surface area contributed by atoms with E-state index >= 15 is 0 Å². The third-order valence-corrected chi connectivity index (χ3v) is 2.85. The van der Waals surface area contributed by atoms with Crippen molar-refractivity contribution < 1.29 is 4.74 Å². The van der Waals surface area contributed by atoms with E-state index in [9.17, 15) is 0 Å². The van der Waals surface area contributed by atoms with Crippen molar-refractivity contribution in [3.05, 3.63) is 24.3 Å². The topological polar surface area (TPSA) is 12.5 Å². The monoisotopic (exact) mass is 235 g/mol. The molecule has 0 spiro atoms. The van der Waals surface area contributed by atoms with Gasteiger partial charge in [-0.05, 0) is 38.3 Å². The van der Waals surface area contributed by atoms with E-state index in [0.717, 1.165) is 12.4 Å². The fourth-order valence-electron chi connectivity index (χ4n) is 2.09. The quantitative estimate of drug-likeness (QED) is 0.782. The molecule has 0 amide bonds. The summed E-state index contributed by atoms with van der Waals surface area (Å²) in [5, 5.41) is 0. The maximum absolute atomic E-state index is 5.51. The molecule has 0 saturated carbocycles.